The zero-order valence-electron chi connectivity index (χ0n) is 11.2. The first kappa shape index (κ1) is 12.6. The first-order chi connectivity index (χ1) is 8.35. The molecule has 0 amide bonds. The Balaban J connectivity index is 2.06. The van der Waals surface area contributed by atoms with Gasteiger partial charge in [-0.1, -0.05) is 50.5 Å². The fourth-order valence-electron chi connectivity index (χ4n) is 3.04. The van der Waals surface area contributed by atoms with Crippen molar-refractivity contribution in [3.63, 3.8) is 0 Å². The van der Waals surface area contributed by atoms with Crippen LogP contribution >= 0.6 is 0 Å². The monoisotopic (exact) mass is 231 g/mol. The molecule has 1 N–H and O–H groups in total. The molecule has 1 saturated carbocycles. The average molecular weight is 231 g/mol. The van der Waals surface area contributed by atoms with Crippen molar-refractivity contribution in [3.8, 4) is 0 Å². The second-order valence-electron chi connectivity index (χ2n) is 5.25. The third-order valence-electron chi connectivity index (χ3n) is 4.17. The lowest BCUT2D eigenvalue weighted by atomic mass is 9.83. The van der Waals surface area contributed by atoms with E-state index in [9.17, 15) is 0 Å². The van der Waals surface area contributed by atoms with Crippen LogP contribution in [0.4, 0.5) is 0 Å². The van der Waals surface area contributed by atoms with E-state index in [0.717, 1.165) is 12.3 Å². The average Bonchev–Trinajstić information content (AvgIpc) is 2.42. The molecule has 1 unspecified atom stereocenters. The van der Waals surface area contributed by atoms with Crippen molar-refractivity contribution < 1.29 is 0 Å². The van der Waals surface area contributed by atoms with Crippen LogP contribution in [0.2, 0.25) is 0 Å². The van der Waals surface area contributed by atoms with E-state index in [1.807, 2.05) is 7.05 Å². The van der Waals surface area contributed by atoms with Gasteiger partial charge in [0.25, 0.3) is 0 Å². The van der Waals surface area contributed by atoms with Crippen molar-refractivity contribution in [1.82, 2.24) is 5.32 Å². The molecule has 2 rings (SSSR count). The van der Waals surface area contributed by atoms with Crippen molar-refractivity contribution >= 4 is 0 Å². The van der Waals surface area contributed by atoms with Gasteiger partial charge in [0, 0.05) is 6.04 Å². The predicted octanol–water partition coefficient (Wildman–Crippen LogP) is 4.40. The third-order valence-corrected chi connectivity index (χ3v) is 4.17. The lowest BCUT2D eigenvalue weighted by Crippen LogP contribution is -2.15. The Morgan fingerprint density at radius 3 is 2.29 bits per heavy atom. The van der Waals surface area contributed by atoms with E-state index in [1.165, 1.54) is 37.7 Å². The second-order valence-corrected chi connectivity index (χ2v) is 5.25. The molecule has 1 fully saturated rings. The molecule has 0 spiro atoms. The fraction of sp³-hybridized carbons (Fsp3) is 0.625. The van der Waals surface area contributed by atoms with Gasteiger partial charge in [-0.2, -0.15) is 0 Å². The molecule has 1 atom stereocenters. The molecule has 0 radical (unpaired) electrons. The first-order valence-electron chi connectivity index (χ1n) is 7.12. The van der Waals surface area contributed by atoms with Crippen molar-refractivity contribution in [3.05, 3.63) is 35.4 Å². The summed E-state index contributed by atoms with van der Waals surface area (Å²) in [6, 6.07) is 9.84. The van der Waals surface area contributed by atoms with Gasteiger partial charge < -0.3 is 5.32 Å². The smallest absolute Gasteiger partial charge is 0.0314 e. The highest BCUT2D eigenvalue weighted by Gasteiger charge is 2.15. The quantitative estimate of drug-likeness (QED) is 0.809. The summed E-state index contributed by atoms with van der Waals surface area (Å²) in [4.78, 5) is 0. The summed E-state index contributed by atoms with van der Waals surface area (Å²) in [7, 11) is 2.04. The maximum Gasteiger partial charge on any atom is 0.0314 e. The maximum atomic E-state index is 3.37. The minimum atomic E-state index is 0.510. The lowest BCUT2D eigenvalue weighted by Gasteiger charge is -2.22. The van der Waals surface area contributed by atoms with Gasteiger partial charge in [-0.15, -0.1) is 0 Å². The molecule has 1 heteroatoms. The maximum absolute atomic E-state index is 3.37. The molecule has 0 aliphatic heterocycles. The summed E-state index contributed by atoms with van der Waals surface area (Å²) in [5, 5.41) is 3.37. The topological polar surface area (TPSA) is 12.0 Å². The van der Waals surface area contributed by atoms with Gasteiger partial charge in [0.05, 0.1) is 0 Å². The first-order valence-corrected chi connectivity index (χ1v) is 7.12. The van der Waals surface area contributed by atoms with E-state index >= 15 is 0 Å². The van der Waals surface area contributed by atoms with E-state index in [-0.39, 0.29) is 0 Å². The van der Waals surface area contributed by atoms with Crippen LogP contribution in [0, 0.1) is 0 Å². The third kappa shape index (κ3) is 3.10. The van der Waals surface area contributed by atoms with Gasteiger partial charge in [0.15, 0.2) is 0 Å². The van der Waals surface area contributed by atoms with E-state index in [4.69, 9.17) is 0 Å². The number of rotatable bonds is 4. The van der Waals surface area contributed by atoms with Crippen molar-refractivity contribution in [2.24, 2.45) is 0 Å². The Hall–Kier alpha value is -0.820. The van der Waals surface area contributed by atoms with E-state index in [2.05, 4.69) is 36.5 Å². The summed E-state index contributed by atoms with van der Waals surface area (Å²) < 4.78 is 0. The van der Waals surface area contributed by atoms with Crippen molar-refractivity contribution in [2.45, 2.75) is 57.4 Å². The van der Waals surface area contributed by atoms with E-state index in [0.29, 0.717) is 6.04 Å². The highest BCUT2D eigenvalue weighted by molar-refractivity contribution is 5.27. The Bertz CT molecular complexity index is 318. The van der Waals surface area contributed by atoms with Crippen molar-refractivity contribution in [1.29, 1.82) is 0 Å². The number of hydrogen-bond donors (Lipinski definition) is 1. The van der Waals surface area contributed by atoms with Gasteiger partial charge in [0.2, 0.25) is 0 Å². The number of hydrogen-bond acceptors (Lipinski definition) is 1. The van der Waals surface area contributed by atoms with Gasteiger partial charge in [0.1, 0.15) is 0 Å². The predicted molar refractivity (Wildman–Crippen MR) is 74.4 cm³/mol. The lowest BCUT2D eigenvalue weighted by molar-refractivity contribution is 0.443. The highest BCUT2D eigenvalue weighted by Crippen LogP contribution is 2.33. The molecule has 0 bridgehead atoms. The molecule has 1 aromatic rings. The summed E-state index contributed by atoms with van der Waals surface area (Å²) in [5.41, 5.74) is 2.98. The standard InChI is InChI=1S/C16H25N/c1-3-16(17-2)15-11-9-14(10-12-15)13-7-5-4-6-8-13/h9-13,16-17H,3-8H2,1-2H3. The molecular formula is C16H25N. The largest absolute Gasteiger partial charge is 0.313 e. The molecule has 1 aliphatic carbocycles. The number of benzene rings is 1. The SMILES string of the molecule is CCC(NC)c1ccc(C2CCCCC2)cc1. The van der Waals surface area contributed by atoms with Crippen LogP contribution in [-0.4, -0.2) is 7.05 Å². The van der Waals surface area contributed by atoms with Gasteiger partial charge in [-0.3, -0.25) is 0 Å². The molecule has 94 valence electrons. The van der Waals surface area contributed by atoms with Gasteiger partial charge in [-0.25, -0.2) is 0 Å². The summed E-state index contributed by atoms with van der Waals surface area (Å²) >= 11 is 0. The second kappa shape index (κ2) is 6.20. The minimum Gasteiger partial charge on any atom is -0.313 e. The van der Waals surface area contributed by atoms with Gasteiger partial charge >= 0.3 is 0 Å². The molecule has 17 heavy (non-hydrogen) atoms. The molecule has 1 aliphatic rings. The molecule has 0 saturated heterocycles. The zero-order valence-corrected chi connectivity index (χ0v) is 11.2. The normalized spacial score (nSPS) is 19.2. The van der Waals surface area contributed by atoms with Crippen LogP contribution in [0.1, 0.15) is 68.5 Å². The van der Waals surface area contributed by atoms with Crippen LogP contribution in [0.5, 0.6) is 0 Å². The summed E-state index contributed by atoms with van der Waals surface area (Å²) in [6.07, 6.45) is 8.21. The highest BCUT2D eigenvalue weighted by atomic mass is 14.9. The van der Waals surface area contributed by atoms with Crippen LogP contribution in [-0.2, 0) is 0 Å². The van der Waals surface area contributed by atoms with Gasteiger partial charge in [-0.05, 0) is 43.4 Å². The molecule has 1 aromatic carbocycles. The zero-order chi connectivity index (χ0) is 12.1. The Kier molecular flexibility index (Phi) is 4.61. The minimum absolute atomic E-state index is 0.510. The Labute approximate surface area is 106 Å². The molecule has 1 nitrogen and oxygen atoms in total. The Morgan fingerprint density at radius 2 is 1.76 bits per heavy atom. The van der Waals surface area contributed by atoms with Crippen LogP contribution in [0.15, 0.2) is 24.3 Å². The van der Waals surface area contributed by atoms with Crippen molar-refractivity contribution in [2.75, 3.05) is 7.05 Å². The van der Waals surface area contributed by atoms with E-state index in [1.54, 1.807) is 5.56 Å². The molecular weight excluding hydrogens is 206 g/mol. The number of nitrogens with one attached hydrogen (secondary N) is 1. The molecule has 0 heterocycles. The van der Waals surface area contributed by atoms with E-state index < -0.39 is 0 Å². The van der Waals surface area contributed by atoms with Crippen LogP contribution in [0.3, 0.4) is 0 Å². The van der Waals surface area contributed by atoms with Crippen LogP contribution < -0.4 is 5.32 Å². The van der Waals surface area contributed by atoms with Crippen LogP contribution in [0.25, 0.3) is 0 Å². The molecule has 0 aromatic heterocycles. The Morgan fingerprint density at radius 1 is 1.12 bits per heavy atom. The fourth-order valence-corrected chi connectivity index (χ4v) is 3.04. The summed E-state index contributed by atoms with van der Waals surface area (Å²) in [6.45, 7) is 2.23. The summed E-state index contributed by atoms with van der Waals surface area (Å²) in [5.74, 6) is 0.826.